The molecule has 1 aliphatic heterocycles. The van der Waals surface area contributed by atoms with Gasteiger partial charge in [-0.05, 0) is 49.6 Å². The number of aryl methyl sites for hydroxylation is 1. The van der Waals surface area contributed by atoms with E-state index >= 15 is 0 Å². The Morgan fingerprint density at radius 3 is 2.94 bits per heavy atom. The summed E-state index contributed by atoms with van der Waals surface area (Å²) in [7, 11) is 0. The minimum Gasteiger partial charge on any atom is -0.323 e. The summed E-state index contributed by atoms with van der Waals surface area (Å²) in [5.74, 6) is -0.243. The molecule has 1 aromatic carbocycles. The van der Waals surface area contributed by atoms with Gasteiger partial charge in [-0.1, -0.05) is 11.6 Å². The number of nitrogens with one attached hydrogen (secondary N) is 1. The number of hydrogen-bond donors (Lipinski definition) is 2. The SMILES string of the molecule is Cc1cc(Cl)c(C(N)C2CCCN2)cc1F. The molecule has 0 aromatic heterocycles. The van der Waals surface area contributed by atoms with Gasteiger partial charge in [-0.15, -0.1) is 0 Å². The molecule has 0 saturated carbocycles. The zero-order chi connectivity index (χ0) is 11.7. The Balaban J connectivity index is 2.28. The molecule has 16 heavy (non-hydrogen) atoms. The maximum Gasteiger partial charge on any atom is 0.126 e. The van der Waals surface area contributed by atoms with Gasteiger partial charge >= 0.3 is 0 Å². The summed E-state index contributed by atoms with van der Waals surface area (Å²) in [6.07, 6.45) is 2.14. The van der Waals surface area contributed by atoms with Crippen LogP contribution in [-0.2, 0) is 0 Å². The molecule has 0 spiro atoms. The Labute approximate surface area is 100.0 Å². The minimum atomic E-state index is -0.243. The van der Waals surface area contributed by atoms with E-state index in [4.69, 9.17) is 17.3 Å². The van der Waals surface area contributed by atoms with Crippen LogP contribution in [-0.4, -0.2) is 12.6 Å². The van der Waals surface area contributed by atoms with Crippen molar-refractivity contribution >= 4 is 11.6 Å². The summed E-state index contributed by atoms with van der Waals surface area (Å²) >= 11 is 6.10. The van der Waals surface area contributed by atoms with Gasteiger partial charge in [-0.25, -0.2) is 4.39 Å². The van der Waals surface area contributed by atoms with Crippen LogP contribution in [0.2, 0.25) is 5.02 Å². The van der Waals surface area contributed by atoms with E-state index in [1.54, 1.807) is 13.0 Å². The lowest BCUT2D eigenvalue weighted by Gasteiger charge is -2.21. The predicted molar refractivity (Wildman–Crippen MR) is 64.1 cm³/mol. The first kappa shape index (κ1) is 11.8. The third-order valence-electron chi connectivity index (χ3n) is 3.17. The number of halogens is 2. The Morgan fingerprint density at radius 1 is 1.56 bits per heavy atom. The van der Waals surface area contributed by atoms with E-state index in [9.17, 15) is 4.39 Å². The molecule has 2 atom stereocenters. The number of rotatable bonds is 2. The molecule has 2 rings (SSSR count). The first-order valence-electron chi connectivity index (χ1n) is 5.54. The summed E-state index contributed by atoms with van der Waals surface area (Å²) in [6, 6.07) is 3.08. The fourth-order valence-electron chi connectivity index (χ4n) is 2.15. The van der Waals surface area contributed by atoms with Crippen molar-refractivity contribution in [2.45, 2.75) is 31.8 Å². The molecule has 4 heteroatoms. The lowest BCUT2D eigenvalue weighted by atomic mass is 9.98. The smallest absolute Gasteiger partial charge is 0.126 e. The molecular formula is C12H16ClFN2. The molecule has 0 aliphatic carbocycles. The van der Waals surface area contributed by atoms with Gasteiger partial charge in [0.1, 0.15) is 5.82 Å². The molecule has 0 bridgehead atoms. The molecule has 1 aliphatic rings. The van der Waals surface area contributed by atoms with Crippen LogP contribution >= 0.6 is 11.6 Å². The van der Waals surface area contributed by atoms with Crippen molar-refractivity contribution < 1.29 is 4.39 Å². The summed E-state index contributed by atoms with van der Waals surface area (Å²) < 4.78 is 13.5. The van der Waals surface area contributed by atoms with Gasteiger partial charge in [0.25, 0.3) is 0 Å². The zero-order valence-corrected chi connectivity index (χ0v) is 10.0. The van der Waals surface area contributed by atoms with Gasteiger partial charge in [-0.2, -0.15) is 0 Å². The van der Waals surface area contributed by atoms with E-state index < -0.39 is 0 Å². The van der Waals surface area contributed by atoms with Gasteiger partial charge in [-0.3, -0.25) is 0 Å². The summed E-state index contributed by atoms with van der Waals surface area (Å²) in [6.45, 7) is 2.68. The standard InChI is InChI=1S/C12H16ClFN2/c1-7-5-9(13)8(6-10(7)14)12(15)11-3-2-4-16-11/h5-6,11-12,16H,2-4,15H2,1H3. The molecule has 1 heterocycles. The van der Waals surface area contributed by atoms with Crippen molar-refractivity contribution in [1.82, 2.24) is 5.32 Å². The monoisotopic (exact) mass is 242 g/mol. The number of nitrogens with two attached hydrogens (primary N) is 1. The molecule has 3 N–H and O–H groups in total. The average molecular weight is 243 g/mol. The molecule has 1 fully saturated rings. The molecule has 2 nitrogen and oxygen atoms in total. The molecule has 2 unspecified atom stereocenters. The van der Waals surface area contributed by atoms with Crippen LogP contribution in [0.25, 0.3) is 0 Å². The van der Waals surface area contributed by atoms with E-state index in [0.717, 1.165) is 19.4 Å². The van der Waals surface area contributed by atoms with Crippen LogP contribution in [0, 0.1) is 12.7 Å². The normalized spacial score (nSPS) is 22.4. The summed E-state index contributed by atoms with van der Waals surface area (Å²) in [5.41, 5.74) is 7.36. The van der Waals surface area contributed by atoms with Gasteiger partial charge in [0.2, 0.25) is 0 Å². The third kappa shape index (κ3) is 2.21. The fraction of sp³-hybridized carbons (Fsp3) is 0.500. The molecule has 88 valence electrons. The molecular weight excluding hydrogens is 227 g/mol. The van der Waals surface area contributed by atoms with Crippen molar-refractivity contribution in [2.75, 3.05) is 6.54 Å². The maximum absolute atomic E-state index is 13.5. The van der Waals surface area contributed by atoms with Gasteiger partial charge in [0.05, 0.1) is 0 Å². The second kappa shape index (κ2) is 4.70. The van der Waals surface area contributed by atoms with E-state index in [2.05, 4.69) is 5.32 Å². The highest BCUT2D eigenvalue weighted by Crippen LogP contribution is 2.29. The highest BCUT2D eigenvalue weighted by Gasteiger charge is 2.24. The zero-order valence-electron chi connectivity index (χ0n) is 9.26. The van der Waals surface area contributed by atoms with Crippen LogP contribution in [0.1, 0.15) is 30.0 Å². The van der Waals surface area contributed by atoms with Crippen LogP contribution in [0.3, 0.4) is 0 Å². The van der Waals surface area contributed by atoms with Crippen LogP contribution in [0.5, 0.6) is 0 Å². The first-order chi connectivity index (χ1) is 7.59. The van der Waals surface area contributed by atoms with E-state index in [1.807, 2.05) is 0 Å². The Kier molecular flexibility index (Phi) is 3.47. The quantitative estimate of drug-likeness (QED) is 0.837. The minimum absolute atomic E-state index is 0.208. The molecule has 1 saturated heterocycles. The van der Waals surface area contributed by atoms with Crippen LogP contribution in [0.15, 0.2) is 12.1 Å². The third-order valence-corrected chi connectivity index (χ3v) is 3.50. The summed E-state index contributed by atoms with van der Waals surface area (Å²) in [5, 5.41) is 3.87. The Hall–Kier alpha value is -0.640. The van der Waals surface area contributed by atoms with Crippen molar-refractivity contribution in [2.24, 2.45) is 5.73 Å². The van der Waals surface area contributed by atoms with Crippen LogP contribution in [0.4, 0.5) is 4.39 Å². The van der Waals surface area contributed by atoms with Crippen molar-refractivity contribution in [3.8, 4) is 0 Å². The summed E-state index contributed by atoms with van der Waals surface area (Å²) in [4.78, 5) is 0. The largest absolute Gasteiger partial charge is 0.323 e. The Morgan fingerprint density at radius 2 is 2.31 bits per heavy atom. The highest BCUT2D eigenvalue weighted by molar-refractivity contribution is 6.31. The van der Waals surface area contributed by atoms with Gasteiger partial charge in [0.15, 0.2) is 0 Å². The number of hydrogen-bond acceptors (Lipinski definition) is 2. The Bertz CT molecular complexity index is 389. The average Bonchev–Trinajstić information content (AvgIpc) is 2.75. The topological polar surface area (TPSA) is 38.0 Å². The second-order valence-electron chi connectivity index (χ2n) is 4.35. The highest BCUT2D eigenvalue weighted by atomic mass is 35.5. The lowest BCUT2D eigenvalue weighted by Crippen LogP contribution is -2.34. The number of benzene rings is 1. The molecule has 1 aromatic rings. The van der Waals surface area contributed by atoms with Crippen LogP contribution < -0.4 is 11.1 Å². The lowest BCUT2D eigenvalue weighted by molar-refractivity contribution is 0.497. The first-order valence-corrected chi connectivity index (χ1v) is 5.92. The van der Waals surface area contributed by atoms with E-state index in [-0.39, 0.29) is 17.9 Å². The van der Waals surface area contributed by atoms with Crippen molar-refractivity contribution in [3.63, 3.8) is 0 Å². The van der Waals surface area contributed by atoms with Gasteiger partial charge < -0.3 is 11.1 Å². The molecule has 0 radical (unpaired) electrons. The van der Waals surface area contributed by atoms with Crippen molar-refractivity contribution in [1.29, 1.82) is 0 Å². The van der Waals surface area contributed by atoms with Crippen molar-refractivity contribution in [3.05, 3.63) is 34.1 Å². The van der Waals surface area contributed by atoms with E-state index in [0.29, 0.717) is 16.1 Å². The van der Waals surface area contributed by atoms with E-state index in [1.165, 1.54) is 6.07 Å². The fourth-order valence-corrected chi connectivity index (χ4v) is 2.50. The molecule has 0 amide bonds. The maximum atomic E-state index is 13.5. The predicted octanol–water partition coefficient (Wildman–Crippen LogP) is 2.54. The second-order valence-corrected chi connectivity index (χ2v) is 4.76. The van der Waals surface area contributed by atoms with Gasteiger partial charge in [0, 0.05) is 17.1 Å².